The minimum Gasteiger partial charge on any atom is -0.364 e. The maximum atomic E-state index is 14.3. The molecule has 0 aromatic heterocycles. The number of benzene rings is 3. The van der Waals surface area contributed by atoms with Crippen molar-refractivity contribution in [1.82, 2.24) is 4.90 Å². The Bertz CT molecular complexity index is 1030. The van der Waals surface area contributed by atoms with Gasteiger partial charge in [-0.1, -0.05) is 54.6 Å². The van der Waals surface area contributed by atoms with Gasteiger partial charge in [-0.15, -0.1) is 0 Å². The van der Waals surface area contributed by atoms with E-state index in [9.17, 15) is 4.39 Å². The first-order valence-corrected chi connectivity index (χ1v) is 10.2. The molecule has 3 nitrogen and oxygen atoms in total. The highest BCUT2D eigenvalue weighted by Crippen LogP contribution is 2.38. The lowest BCUT2D eigenvalue weighted by Gasteiger charge is -2.42. The summed E-state index contributed by atoms with van der Waals surface area (Å²) in [4.78, 5) is 9.69. The van der Waals surface area contributed by atoms with Gasteiger partial charge in [-0.25, -0.2) is 4.39 Å². The summed E-state index contributed by atoms with van der Waals surface area (Å²) in [5, 5.41) is 0. The Morgan fingerprint density at radius 2 is 1.76 bits per heavy atom. The lowest BCUT2D eigenvalue weighted by atomic mass is 10.0. The van der Waals surface area contributed by atoms with Crippen molar-refractivity contribution in [3.05, 3.63) is 84.2 Å². The fraction of sp³-hybridized carbons (Fsp3) is 0.240. The molecule has 0 bridgehead atoms. The second-order valence-corrected chi connectivity index (χ2v) is 7.80. The summed E-state index contributed by atoms with van der Waals surface area (Å²) in [7, 11) is 0. The summed E-state index contributed by atoms with van der Waals surface area (Å²) < 4.78 is 14.3. The Morgan fingerprint density at radius 1 is 0.931 bits per heavy atom. The van der Waals surface area contributed by atoms with Crippen molar-refractivity contribution in [2.24, 2.45) is 4.99 Å². The van der Waals surface area contributed by atoms with Crippen molar-refractivity contribution < 1.29 is 4.39 Å². The molecule has 146 valence electrons. The van der Waals surface area contributed by atoms with E-state index in [1.165, 1.54) is 11.6 Å². The zero-order chi connectivity index (χ0) is 19.6. The topological polar surface area (TPSA) is 18.8 Å². The standard InChI is InChI=1S/C25H24FN3/c26-23-9-5-4-8-22(23)20-10-11-24-25(16-20)29-15-14-28(18-21(29)12-13-27-24)17-19-6-2-1-3-7-19/h1-11,13,16,21H,12,14-15,17-18H2/t21-/m0/s1. The molecule has 2 heterocycles. The van der Waals surface area contributed by atoms with Gasteiger partial charge < -0.3 is 4.90 Å². The van der Waals surface area contributed by atoms with Crippen LogP contribution in [0.1, 0.15) is 12.0 Å². The molecule has 3 aromatic carbocycles. The Morgan fingerprint density at radius 3 is 2.62 bits per heavy atom. The Balaban J connectivity index is 1.42. The molecule has 4 heteroatoms. The van der Waals surface area contributed by atoms with Gasteiger partial charge in [0.05, 0.1) is 11.4 Å². The van der Waals surface area contributed by atoms with Crippen LogP contribution in [0.15, 0.2) is 77.8 Å². The summed E-state index contributed by atoms with van der Waals surface area (Å²) in [6.45, 7) is 3.94. The predicted octanol–water partition coefficient (Wildman–Crippen LogP) is 5.29. The number of piperazine rings is 1. The van der Waals surface area contributed by atoms with Gasteiger partial charge >= 0.3 is 0 Å². The second-order valence-electron chi connectivity index (χ2n) is 7.80. The number of halogens is 1. The molecule has 0 aliphatic carbocycles. The number of fused-ring (bicyclic) bond motifs is 3. The molecule has 29 heavy (non-hydrogen) atoms. The SMILES string of the molecule is Fc1ccccc1-c1ccc2c(c1)N1CCN(Cc3ccccc3)C[C@@H]1CC=N2. The summed E-state index contributed by atoms with van der Waals surface area (Å²) in [5.74, 6) is -0.186. The maximum Gasteiger partial charge on any atom is 0.131 e. The van der Waals surface area contributed by atoms with Crippen molar-refractivity contribution in [3.63, 3.8) is 0 Å². The van der Waals surface area contributed by atoms with E-state index in [0.717, 1.165) is 49.5 Å². The predicted molar refractivity (Wildman–Crippen MR) is 117 cm³/mol. The minimum absolute atomic E-state index is 0.186. The van der Waals surface area contributed by atoms with Crippen LogP contribution in [0.4, 0.5) is 15.8 Å². The number of hydrogen-bond acceptors (Lipinski definition) is 3. The first kappa shape index (κ1) is 18.1. The van der Waals surface area contributed by atoms with Crippen LogP contribution in [0.5, 0.6) is 0 Å². The highest BCUT2D eigenvalue weighted by Gasteiger charge is 2.29. The van der Waals surface area contributed by atoms with Crippen molar-refractivity contribution in [3.8, 4) is 11.1 Å². The smallest absolute Gasteiger partial charge is 0.131 e. The molecule has 0 unspecified atom stereocenters. The fourth-order valence-electron chi connectivity index (χ4n) is 4.42. The number of anilines is 1. The average molecular weight is 385 g/mol. The number of hydrogen-bond donors (Lipinski definition) is 0. The van der Waals surface area contributed by atoms with E-state index in [2.05, 4.69) is 46.2 Å². The maximum absolute atomic E-state index is 14.3. The summed E-state index contributed by atoms with van der Waals surface area (Å²) >= 11 is 0. The van der Waals surface area contributed by atoms with E-state index in [4.69, 9.17) is 4.99 Å². The summed E-state index contributed by atoms with van der Waals surface area (Å²) in [6.07, 6.45) is 2.97. The summed E-state index contributed by atoms with van der Waals surface area (Å²) in [6, 6.07) is 24.1. The molecular formula is C25H24FN3. The third-order valence-corrected chi connectivity index (χ3v) is 5.89. The van der Waals surface area contributed by atoms with E-state index < -0.39 is 0 Å². The van der Waals surface area contributed by atoms with Gasteiger partial charge in [0.2, 0.25) is 0 Å². The van der Waals surface area contributed by atoms with E-state index in [1.54, 1.807) is 6.07 Å². The van der Waals surface area contributed by atoms with Gasteiger partial charge in [-0.2, -0.15) is 0 Å². The Labute approximate surface area is 171 Å². The van der Waals surface area contributed by atoms with Crippen LogP contribution in [0.3, 0.4) is 0 Å². The summed E-state index contributed by atoms with van der Waals surface area (Å²) in [5.41, 5.74) is 4.99. The van der Waals surface area contributed by atoms with Crippen LogP contribution >= 0.6 is 0 Å². The molecule has 1 saturated heterocycles. The zero-order valence-corrected chi connectivity index (χ0v) is 16.3. The lowest BCUT2D eigenvalue weighted by Crippen LogP contribution is -2.52. The average Bonchev–Trinajstić information content (AvgIpc) is 2.93. The number of aliphatic imine (C=N–C) groups is 1. The zero-order valence-electron chi connectivity index (χ0n) is 16.3. The third kappa shape index (κ3) is 3.68. The molecule has 0 spiro atoms. The molecule has 1 fully saturated rings. The van der Waals surface area contributed by atoms with E-state index in [-0.39, 0.29) is 5.82 Å². The van der Waals surface area contributed by atoms with E-state index >= 15 is 0 Å². The lowest BCUT2D eigenvalue weighted by molar-refractivity contribution is 0.217. The van der Waals surface area contributed by atoms with Gasteiger partial charge in [0.15, 0.2) is 0 Å². The molecule has 0 saturated carbocycles. The van der Waals surface area contributed by atoms with Crippen LogP contribution < -0.4 is 4.90 Å². The quantitative estimate of drug-likeness (QED) is 0.610. The van der Waals surface area contributed by atoms with Gasteiger partial charge in [-0.3, -0.25) is 9.89 Å². The van der Waals surface area contributed by atoms with Gasteiger partial charge in [0, 0.05) is 50.4 Å². The molecule has 2 aliphatic rings. The fourth-order valence-corrected chi connectivity index (χ4v) is 4.42. The normalized spacial score (nSPS) is 18.8. The van der Waals surface area contributed by atoms with Crippen molar-refractivity contribution >= 4 is 17.6 Å². The second kappa shape index (κ2) is 7.80. The highest BCUT2D eigenvalue weighted by atomic mass is 19.1. The van der Waals surface area contributed by atoms with E-state index in [0.29, 0.717) is 11.6 Å². The molecule has 0 N–H and O–H groups in total. The molecule has 0 radical (unpaired) electrons. The van der Waals surface area contributed by atoms with Crippen molar-refractivity contribution in [2.45, 2.75) is 19.0 Å². The van der Waals surface area contributed by atoms with Gasteiger partial charge in [0.1, 0.15) is 5.82 Å². The van der Waals surface area contributed by atoms with Crippen LogP contribution in [0.2, 0.25) is 0 Å². The monoisotopic (exact) mass is 385 g/mol. The first-order chi connectivity index (χ1) is 14.3. The largest absolute Gasteiger partial charge is 0.364 e. The molecular weight excluding hydrogens is 361 g/mol. The van der Waals surface area contributed by atoms with Crippen LogP contribution in [-0.2, 0) is 6.54 Å². The van der Waals surface area contributed by atoms with Gasteiger partial charge in [-0.05, 0) is 29.3 Å². The minimum atomic E-state index is -0.186. The van der Waals surface area contributed by atoms with Crippen molar-refractivity contribution in [2.75, 3.05) is 24.5 Å². The molecule has 1 atom stereocenters. The van der Waals surface area contributed by atoms with Crippen LogP contribution in [-0.4, -0.2) is 36.8 Å². The molecule has 5 rings (SSSR count). The van der Waals surface area contributed by atoms with Crippen LogP contribution in [0.25, 0.3) is 11.1 Å². The van der Waals surface area contributed by atoms with Crippen molar-refractivity contribution in [1.29, 1.82) is 0 Å². The van der Waals surface area contributed by atoms with Gasteiger partial charge in [0.25, 0.3) is 0 Å². The number of nitrogens with zero attached hydrogens (tertiary/aromatic N) is 3. The Hall–Kier alpha value is -2.98. The molecule has 2 aliphatic heterocycles. The third-order valence-electron chi connectivity index (χ3n) is 5.89. The van der Waals surface area contributed by atoms with Crippen LogP contribution in [0, 0.1) is 5.82 Å². The first-order valence-electron chi connectivity index (χ1n) is 10.2. The van der Waals surface area contributed by atoms with E-state index in [1.807, 2.05) is 30.5 Å². The molecule has 0 amide bonds. The molecule has 3 aromatic rings. The Kier molecular flexibility index (Phi) is 4.86. The highest BCUT2D eigenvalue weighted by molar-refractivity contribution is 5.82. The number of rotatable bonds is 3.